The zero-order valence-electron chi connectivity index (χ0n) is 12.1. The summed E-state index contributed by atoms with van der Waals surface area (Å²) in [5.74, 6) is -2.12. The van der Waals surface area contributed by atoms with E-state index in [1.165, 1.54) is 36.1 Å². The second-order valence-corrected chi connectivity index (χ2v) is 5.10. The van der Waals surface area contributed by atoms with Gasteiger partial charge in [0, 0.05) is 30.3 Å². The maximum atomic E-state index is 12.4. The first-order valence-corrected chi connectivity index (χ1v) is 6.52. The molecule has 21 heavy (non-hydrogen) atoms. The summed E-state index contributed by atoms with van der Waals surface area (Å²) in [5, 5.41) is 19.7. The molecule has 0 fully saturated rings. The van der Waals surface area contributed by atoms with Gasteiger partial charge in [-0.15, -0.1) is 0 Å². The van der Waals surface area contributed by atoms with Crippen LogP contribution in [-0.4, -0.2) is 39.4 Å². The molecule has 0 aromatic heterocycles. The van der Waals surface area contributed by atoms with Gasteiger partial charge in [-0.1, -0.05) is 13.0 Å². The van der Waals surface area contributed by atoms with Crippen molar-refractivity contribution in [3.05, 3.63) is 39.9 Å². The Labute approximate surface area is 122 Å². The molecule has 0 saturated heterocycles. The molecule has 0 saturated carbocycles. The Morgan fingerprint density at radius 3 is 2.43 bits per heavy atom. The number of benzene rings is 1. The Kier molecular flexibility index (Phi) is 5.40. The number of carbonyl (C=O) groups excluding carboxylic acids is 1. The van der Waals surface area contributed by atoms with Gasteiger partial charge >= 0.3 is 5.97 Å². The van der Waals surface area contributed by atoms with Crippen LogP contribution in [0.4, 0.5) is 5.69 Å². The molecule has 114 valence electrons. The lowest BCUT2D eigenvalue weighted by Gasteiger charge is -2.28. The molecule has 7 nitrogen and oxygen atoms in total. The Balaban J connectivity index is 3.03. The predicted molar refractivity (Wildman–Crippen MR) is 76.1 cm³/mol. The van der Waals surface area contributed by atoms with Gasteiger partial charge in [0.25, 0.3) is 11.6 Å². The lowest BCUT2D eigenvalue weighted by molar-refractivity contribution is -0.384. The van der Waals surface area contributed by atoms with Gasteiger partial charge in [0.2, 0.25) is 0 Å². The standard InChI is InChI=1S/C14H18N2O5/c1-9(2)15(8-10(3)14(18)19)13(17)11-5-4-6-12(7-11)16(20)21/h4-7,9-10H,8H2,1-3H3,(H,18,19). The lowest BCUT2D eigenvalue weighted by atomic mass is 10.1. The van der Waals surface area contributed by atoms with E-state index in [9.17, 15) is 19.7 Å². The van der Waals surface area contributed by atoms with Crippen LogP contribution in [0.5, 0.6) is 0 Å². The van der Waals surface area contributed by atoms with Crippen LogP contribution in [0.3, 0.4) is 0 Å². The number of carboxylic acids is 1. The number of nitro benzene ring substituents is 1. The number of hydrogen-bond donors (Lipinski definition) is 1. The van der Waals surface area contributed by atoms with Crippen molar-refractivity contribution < 1.29 is 19.6 Å². The molecule has 1 aromatic carbocycles. The summed E-state index contributed by atoms with van der Waals surface area (Å²) in [7, 11) is 0. The molecule has 0 bridgehead atoms. The summed E-state index contributed by atoms with van der Waals surface area (Å²) in [4.78, 5) is 34.9. The molecule has 0 spiro atoms. The van der Waals surface area contributed by atoms with Crippen LogP contribution in [0.25, 0.3) is 0 Å². The fourth-order valence-corrected chi connectivity index (χ4v) is 1.82. The van der Waals surface area contributed by atoms with Gasteiger partial charge in [-0.05, 0) is 19.9 Å². The topological polar surface area (TPSA) is 101 Å². The number of carbonyl (C=O) groups is 2. The van der Waals surface area contributed by atoms with E-state index < -0.39 is 22.7 Å². The van der Waals surface area contributed by atoms with Crippen LogP contribution in [0, 0.1) is 16.0 Å². The van der Waals surface area contributed by atoms with Crippen LogP contribution in [0.1, 0.15) is 31.1 Å². The Hall–Kier alpha value is -2.44. The molecule has 1 aromatic rings. The number of rotatable bonds is 6. The molecule has 1 rings (SSSR count). The molecule has 1 N–H and O–H groups in total. The average molecular weight is 294 g/mol. The monoisotopic (exact) mass is 294 g/mol. The third kappa shape index (κ3) is 4.27. The number of nitrogens with zero attached hydrogens (tertiary/aromatic N) is 2. The van der Waals surface area contributed by atoms with E-state index in [1.807, 2.05) is 0 Å². The zero-order valence-corrected chi connectivity index (χ0v) is 12.1. The largest absolute Gasteiger partial charge is 0.481 e. The van der Waals surface area contributed by atoms with E-state index in [2.05, 4.69) is 0 Å². The summed E-state index contributed by atoms with van der Waals surface area (Å²) in [5.41, 5.74) is 0.00586. The van der Waals surface area contributed by atoms with Crippen molar-refractivity contribution in [1.82, 2.24) is 4.90 Å². The molecular weight excluding hydrogens is 276 g/mol. The molecule has 1 amide bonds. The highest BCUT2D eigenvalue weighted by Gasteiger charge is 2.24. The van der Waals surface area contributed by atoms with Crippen molar-refractivity contribution in [1.29, 1.82) is 0 Å². The molecule has 0 aliphatic carbocycles. The van der Waals surface area contributed by atoms with Gasteiger partial charge in [-0.3, -0.25) is 19.7 Å². The smallest absolute Gasteiger partial charge is 0.308 e. The summed E-state index contributed by atoms with van der Waals surface area (Å²) in [6.07, 6.45) is 0. The molecule has 0 aliphatic heterocycles. The molecule has 0 radical (unpaired) electrons. The second-order valence-electron chi connectivity index (χ2n) is 5.10. The highest BCUT2D eigenvalue weighted by atomic mass is 16.6. The minimum atomic E-state index is -0.993. The van der Waals surface area contributed by atoms with Gasteiger partial charge in [-0.2, -0.15) is 0 Å². The van der Waals surface area contributed by atoms with Crippen molar-refractivity contribution in [2.75, 3.05) is 6.54 Å². The fraction of sp³-hybridized carbons (Fsp3) is 0.429. The summed E-state index contributed by atoms with van der Waals surface area (Å²) in [6, 6.07) is 5.21. The number of amides is 1. The maximum Gasteiger partial charge on any atom is 0.308 e. The average Bonchev–Trinajstić information content (AvgIpc) is 2.43. The van der Waals surface area contributed by atoms with Gasteiger partial charge in [-0.25, -0.2) is 0 Å². The van der Waals surface area contributed by atoms with Gasteiger partial charge in [0.1, 0.15) is 0 Å². The van der Waals surface area contributed by atoms with Crippen molar-refractivity contribution in [2.24, 2.45) is 5.92 Å². The van der Waals surface area contributed by atoms with E-state index >= 15 is 0 Å². The Morgan fingerprint density at radius 2 is 1.95 bits per heavy atom. The number of carboxylic acid groups (broad SMARTS) is 1. The second kappa shape index (κ2) is 6.83. The van der Waals surface area contributed by atoms with Gasteiger partial charge in [0.05, 0.1) is 10.8 Å². The van der Waals surface area contributed by atoms with E-state index in [4.69, 9.17) is 5.11 Å². The highest BCUT2D eigenvalue weighted by Crippen LogP contribution is 2.17. The molecule has 0 heterocycles. The number of aliphatic carboxylic acids is 1. The van der Waals surface area contributed by atoms with E-state index in [0.29, 0.717) is 0 Å². The summed E-state index contributed by atoms with van der Waals surface area (Å²) in [6.45, 7) is 5.10. The van der Waals surface area contributed by atoms with Crippen molar-refractivity contribution >= 4 is 17.6 Å². The van der Waals surface area contributed by atoms with Crippen LogP contribution in [0.2, 0.25) is 0 Å². The first-order valence-electron chi connectivity index (χ1n) is 6.52. The van der Waals surface area contributed by atoms with Crippen LogP contribution in [-0.2, 0) is 4.79 Å². The first kappa shape index (κ1) is 16.6. The number of hydrogen-bond acceptors (Lipinski definition) is 4. The van der Waals surface area contributed by atoms with Crippen molar-refractivity contribution in [3.8, 4) is 0 Å². The molecular formula is C14H18N2O5. The SMILES string of the molecule is CC(CN(C(=O)c1cccc([N+](=O)[O-])c1)C(C)C)C(=O)O. The van der Waals surface area contributed by atoms with Gasteiger partial charge < -0.3 is 10.0 Å². The normalized spacial score (nSPS) is 12.0. The van der Waals surface area contributed by atoms with Crippen LogP contribution >= 0.6 is 0 Å². The molecule has 0 aliphatic rings. The summed E-state index contributed by atoms with van der Waals surface area (Å²) < 4.78 is 0. The number of nitro groups is 1. The van der Waals surface area contributed by atoms with E-state index in [0.717, 1.165) is 0 Å². The van der Waals surface area contributed by atoms with Crippen molar-refractivity contribution in [2.45, 2.75) is 26.8 Å². The molecule has 7 heteroatoms. The van der Waals surface area contributed by atoms with Crippen LogP contribution < -0.4 is 0 Å². The van der Waals surface area contributed by atoms with Crippen molar-refractivity contribution in [3.63, 3.8) is 0 Å². The summed E-state index contributed by atoms with van der Waals surface area (Å²) >= 11 is 0. The predicted octanol–water partition coefficient (Wildman–Crippen LogP) is 2.17. The lowest BCUT2D eigenvalue weighted by Crippen LogP contribution is -2.41. The first-order chi connectivity index (χ1) is 9.73. The highest BCUT2D eigenvalue weighted by molar-refractivity contribution is 5.95. The minimum absolute atomic E-state index is 0.0501. The number of non-ortho nitro benzene ring substituents is 1. The maximum absolute atomic E-state index is 12.4. The van der Waals surface area contributed by atoms with Crippen LogP contribution in [0.15, 0.2) is 24.3 Å². The Bertz CT molecular complexity index is 556. The zero-order chi connectivity index (χ0) is 16.2. The quantitative estimate of drug-likeness (QED) is 0.640. The molecule has 1 atom stereocenters. The van der Waals surface area contributed by atoms with E-state index in [-0.39, 0.29) is 23.8 Å². The van der Waals surface area contributed by atoms with E-state index in [1.54, 1.807) is 13.8 Å². The Morgan fingerprint density at radius 1 is 1.33 bits per heavy atom. The molecule has 1 unspecified atom stereocenters. The fourth-order valence-electron chi connectivity index (χ4n) is 1.82. The third-order valence-corrected chi connectivity index (χ3v) is 3.08. The minimum Gasteiger partial charge on any atom is -0.481 e. The third-order valence-electron chi connectivity index (χ3n) is 3.08. The van der Waals surface area contributed by atoms with Gasteiger partial charge in [0.15, 0.2) is 0 Å².